The number of carbonyl (C=O) groups excluding carboxylic acids is 1. The molecule has 19 heavy (non-hydrogen) atoms. The Morgan fingerprint density at radius 1 is 1.37 bits per heavy atom. The summed E-state index contributed by atoms with van der Waals surface area (Å²) in [7, 11) is -4.54. The van der Waals surface area contributed by atoms with Gasteiger partial charge in [0.2, 0.25) is 10.0 Å². The van der Waals surface area contributed by atoms with E-state index in [1.54, 1.807) is 12.3 Å². The molecule has 1 atom stereocenters. The molecule has 0 amide bonds. The minimum atomic E-state index is -3.62. The third-order valence-electron chi connectivity index (χ3n) is 2.45. The lowest BCUT2D eigenvalue weighted by Crippen LogP contribution is -2.25. The molecule has 106 valence electrons. The number of ketones is 1. The molecule has 0 aliphatic carbocycles. The molecule has 5 nitrogen and oxygen atoms in total. The lowest BCUT2D eigenvalue weighted by atomic mass is 10.2. The Bertz CT molecular complexity index is 581. The number of hydrogen-bond acceptors (Lipinski definition) is 4. The molecule has 1 unspecified atom stereocenters. The lowest BCUT2D eigenvalue weighted by Gasteiger charge is -2.07. The van der Waals surface area contributed by atoms with Gasteiger partial charge in [-0.2, -0.15) is 0 Å². The molecule has 1 aromatic carbocycles. The molecule has 0 aliphatic rings. The summed E-state index contributed by atoms with van der Waals surface area (Å²) in [6.07, 6.45) is 2.08. The highest BCUT2D eigenvalue weighted by atomic mass is 32.2. The molecular formula is C12H17NO4S2. The van der Waals surface area contributed by atoms with Crippen LogP contribution >= 0.6 is 0 Å². The number of nitrogens with one attached hydrogen (secondary N) is 1. The predicted molar refractivity (Wildman–Crippen MR) is 75.2 cm³/mol. The van der Waals surface area contributed by atoms with Crippen LogP contribution in [0.2, 0.25) is 0 Å². The standard InChI is InChI=1S/C12H17NO4S2/c1-10(14)11-5-3-6-12(9-11)19(16,17)13-7-4-8-18(2)15/h3,5-6,9,13H,4,7-8H2,1-2H3. The van der Waals surface area contributed by atoms with Crippen molar-refractivity contribution in [2.45, 2.75) is 18.2 Å². The molecule has 0 bridgehead atoms. The minimum Gasteiger partial charge on any atom is -0.295 e. The van der Waals surface area contributed by atoms with Gasteiger partial charge < -0.3 is 0 Å². The van der Waals surface area contributed by atoms with Gasteiger partial charge in [0.15, 0.2) is 5.78 Å². The number of hydrogen-bond donors (Lipinski definition) is 1. The number of benzene rings is 1. The Morgan fingerprint density at radius 2 is 2.05 bits per heavy atom. The van der Waals surface area contributed by atoms with Crippen molar-refractivity contribution in [3.8, 4) is 0 Å². The van der Waals surface area contributed by atoms with Crippen molar-refractivity contribution in [1.29, 1.82) is 0 Å². The average Bonchev–Trinajstić information content (AvgIpc) is 2.34. The zero-order chi connectivity index (χ0) is 14.5. The first-order valence-corrected chi connectivity index (χ1v) is 8.94. The third kappa shape index (κ3) is 5.22. The van der Waals surface area contributed by atoms with Gasteiger partial charge in [-0.1, -0.05) is 12.1 Å². The summed E-state index contributed by atoms with van der Waals surface area (Å²) < 4.78 is 37.2. The predicted octanol–water partition coefficient (Wildman–Crippen LogP) is 0.936. The first-order valence-electron chi connectivity index (χ1n) is 5.73. The van der Waals surface area contributed by atoms with Crippen molar-refractivity contribution >= 4 is 26.6 Å². The van der Waals surface area contributed by atoms with E-state index in [1.165, 1.54) is 25.1 Å². The highest BCUT2D eigenvalue weighted by molar-refractivity contribution is 7.89. The van der Waals surface area contributed by atoms with Crippen LogP contribution in [-0.2, 0) is 20.8 Å². The monoisotopic (exact) mass is 303 g/mol. The zero-order valence-corrected chi connectivity index (χ0v) is 12.5. The number of carbonyl (C=O) groups is 1. The number of rotatable bonds is 7. The molecule has 0 fully saturated rings. The van der Waals surface area contributed by atoms with Crippen molar-refractivity contribution in [2.75, 3.05) is 18.6 Å². The topological polar surface area (TPSA) is 80.3 Å². The SMILES string of the molecule is CC(=O)c1cccc(S(=O)(=O)NCCCS(C)=O)c1. The Balaban J connectivity index is 2.74. The van der Waals surface area contributed by atoms with E-state index < -0.39 is 20.8 Å². The Hall–Kier alpha value is -1.05. The van der Waals surface area contributed by atoms with Crippen LogP contribution in [-0.4, -0.2) is 37.0 Å². The van der Waals surface area contributed by atoms with Gasteiger partial charge in [0.05, 0.1) is 4.90 Å². The van der Waals surface area contributed by atoms with E-state index in [4.69, 9.17) is 0 Å². The molecule has 1 rings (SSSR count). The van der Waals surface area contributed by atoms with Crippen LogP contribution < -0.4 is 4.72 Å². The first kappa shape index (κ1) is 16.0. The van der Waals surface area contributed by atoms with Gasteiger partial charge in [-0.05, 0) is 25.5 Å². The van der Waals surface area contributed by atoms with Crippen molar-refractivity contribution in [3.63, 3.8) is 0 Å². The van der Waals surface area contributed by atoms with E-state index in [0.717, 1.165) is 0 Å². The second-order valence-corrected chi connectivity index (χ2v) is 7.43. The van der Waals surface area contributed by atoms with Gasteiger partial charge in [-0.15, -0.1) is 0 Å². The van der Waals surface area contributed by atoms with Gasteiger partial charge in [0.25, 0.3) is 0 Å². The second-order valence-electron chi connectivity index (χ2n) is 4.11. The van der Waals surface area contributed by atoms with Crippen LogP contribution in [0.25, 0.3) is 0 Å². The third-order valence-corrected chi connectivity index (χ3v) is 4.77. The Kier molecular flexibility index (Phi) is 5.84. The van der Waals surface area contributed by atoms with Gasteiger partial charge in [0.1, 0.15) is 0 Å². The van der Waals surface area contributed by atoms with Crippen LogP contribution in [0.1, 0.15) is 23.7 Å². The fraction of sp³-hybridized carbons (Fsp3) is 0.417. The summed E-state index contributed by atoms with van der Waals surface area (Å²) in [5.74, 6) is 0.272. The molecule has 0 aromatic heterocycles. The maximum Gasteiger partial charge on any atom is 0.240 e. The molecule has 0 saturated carbocycles. The van der Waals surface area contributed by atoms with Crippen LogP contribution in [0.5, 0.6) is 0 Å². The molecule has 0 saturated heterocycles. The molecule has 1 aromatic rings. The molecule has 1 N–H and O–H groups in total. The Labute approximate surface area is 115 Å². The Morgan fingerprint density at radius 3 is 2.63 bits per heavy atom. The zero-order valence-electron chi connectivity index (χ0n) is 10.9. The lowest BCUT2D eigenvalue weighted by molar-refractivity contribution is 0.101. The second kappa shape index (κ2) is 6.93. The van der Waals surface area contributed by atoms with Crippen molar-refractivity contribution in [1.82, 2.24) is 4.72 Å². The normalized spacial score (nSPS) is 13.2. The summed E-state index contributed by atoms with van der Waals surface area (Å²) in [5, 5.41) is 0. The largest absolute Gasteiger partial charge is 0.295 e. The highest BCUT2D eigenvalue weighted by Crippen LogP contribution is 2.11. The number of sulfonamides is 1. The fourth-order valence-electron chi connectivity index (χ4n) is 1.45. The summed E-state index contributed by atoms with van der Waals surface area (Å²) in [6.45, 7) is 1.61. The summed E-state index contributed by atoms with van der Waals surface area (Å²) >= 11 is 0. The van der Waals surface area contributed by atoms with E-state index in [9.17, 15) is 17.4 Å². The van der Waals surface area contributed by atoms with E-state index in [1.807, 2.05) is 0 Å². The maximum atomic E-state index is 12.0. The quantitative estimate of drug-likeness (QED) is 0.600. The van der Waals surface area contributed by atoms with Crippen molar-refractivity contribution < 1.29 is 17.4 Å². The van der Waals surface area contributed by atoms with Crippen LogP contribution in [0.3, 0.4) is 0 Å². The summed E-state index contributed by atoms with van der Waals surface area (Å²) in [4.78, 5) is 11.3. The molecule has 7 heteroatoms. The van der Waals surface area contributed by atoms with Crippen LogP contribution in [0.15, 0.2) is 29.2 Å². The average molecular weight is 303 g/mol. The molecule has 0 aliphatic heterocycles. The molecule has 0 heterocycles. The van der Waals surface area contributed by atoms with E-state index in [2.05, 4.69) is 4.72 Å². The smallest absolute Gasteiger partial charge is 0.240 e. The van der Waals surface area contributed by atoms with E-state index in [-0.39, 0.29) is 17.2 Å². The minimum absolute atomic E-state index is 0.0674. The van der Waals surface area contributed by atoms with Crippen molar-refractivity contribution in [3.05, 3.63) is 29.8 Å². The number of Topliss-reactive ketones (excluding diaryl/α,β-unsaturated/α-hetero) is 1. The van der Waals surface area contributed by atoms with E-state index >= 15 is 0 Å². The fourth-order valence-corrected chi connectivity index (χ4v) is 3.12. The molecular weight excluding hydrogens is 286 g/mol. The summed E-state index contributed by atoms with van der Waals surface area (Å²) in [6, 6.07) is 5.89. The molecule has 0 radical (unpaired) electrons. The van der Waals surface area contributed by atoms with Crippen LogP contribution in [0.4, 0.5) is 0 Å². The van der Waals surface area contributed by atoms with Crippen LogP contribution in [0, 0.1) is 0 Å². The summed E-state index contributed by atoms with van der Waals surface area (Å²) in [5.41, 5.74) is 0.359. The maximum absolute atomic E-state index is 12.0. The van der Waals surface area contributed by atoms with Crippen molar-refractivity contribution in [2.24, 2.45) is 0 Å². The van der Waals surface area contributed by atoms with Gasteiger partial charge in [-0.25, -0.2) is 13.1 Å². The van der Waals surface area contributed by atoms with Gasteiger partial charge in [-0.3, -0.25) is 9.00 Å². The van der Waals surface area contributed by atoms with Gasteiger partial charge in [0, 0.05) is 34.9 Å². The van der Waals surface area contributed by atoms with Gasteiger partial charge >= 0.3 is 0 Å². The molecule has 0 spiro atoms. The van der Waals surface area contributed by atoms with E-state index in [0.29, 0.717) is 17.7 Å². The highest BCUT2D eigenvalue weighted by Gasteiger charge is 2.14. The first-order chi connectivity index (χ1) is 8.83.